The molecule has 0 atom stereocenters. The largest absolute Gasteiger partial charge is 0.490 e. The molecule has 21 heavy (non-hydrogen) atoms. The predicted molar refractivity (Wildman–Crippen MR) is 84.0 cm³/mol. The molecule has 0 amide bonds. The molecule has 3 aromatic heterocycles. The SMILES string of the molecule is CCOc1cccnc1Nc1nc(-c2ccccn2)cs1. The minimum absolute atomic E-state index is 0.595. The number of nitrogens with zero attached hydrogens (tertiary/aromatic N) is 3. The Morgan fingerprint density at radius 1 is 1.10 bits per heavy atom. The summed E-state index contributed by atoms with van der Waals surface area (Å²) in [5, 5.41) is 5.92. The molecule has 0 bridgehead atoms. The van der Waals surface area contributed by atoms with Crippen LogP contribution in [0, 0.1) is 0 Å². The van der Waals surface area contributed by atoms with E-state index in [9.17, 15) is 0 Å². The molecule has 6 heteroatoms. The highest BCUT2D eigenvalue weighted by molar-refractivity contribution is 7.14. The topological polar surface area (TPSA) is 59.9 Å². The van der Waals surface area contributed by atoms with Gasteiger partial charge in [-0.1, -0.05) is 6.07 Å². The molecule has 3 aromatic rings. The van der Waals surface area contributed by atoms with Gasteiger partial charge in [0.25, 0.3) is 0 Å². The summed E-state index contributed by atoms with van der Waals surface area (Å²) in [7, 11) is 0. The van der Waals surface area contributed by atoms with Crippen molar-refractivity contribution in [2.24, 2.45) is 0 Å². The Hall–Kier alpha value is -2.47. The maximum absolute atomic E-state index is 5.54. The first-order valence-corrected chi connectivity index (χ1v) is 7.46. The minimum atomic E-state index is 0.595. The molecule has 0 aliphatic rings. The van der Waals surface area contributed by atoms with E-state index in [0.717, 1.165) is 22.3 Å². The van der Waals surface area contributed by atoms with Gasteiger partial charge in [0.05, 0.1) is 12.3 Å². The standard InChI is InChI=1S/C15H14N4OS/c1-2-20-13-7-5-9-17-14(13)19-15-18-12(10-21-15)11-6-3-4-8-16-11/h3-10H,2H2,1H3,(H,17,18,19). The van der Waals surface area contributed by atoms with Gasteiger partial charge < -0.3 is 10.1 Å². The molecule has 3 heterocycles. The Balaban J connectivity index is 1.82. The summed E-state index contributed by atoms with van der Waals surface area (Å²) in [6.07, 6.45) is 3.48. The van der Waals surface area contributed by atoms with E-state index in [1.54, 1.807) is 12.4 Å². The van der Waals surface area contributed by atoms with Crippen molar-refractivity contribution in [2.45, 2.75) is 6.92 Å². The molecule has 0 spiro atoms. The lowest BCUT2D eigenvalue weighted by molar-refractivity contribution is 0.341. The number of aromatic nitrogens is 3. The Morgan fingerprint density at radius 2 is 2.00 bits per heavy atom. The monoisotopic (exact) mass is 298 g/mol. The molecule has 0 radical (unpaired) electrons. The van der Waals surface area contributed by atoms with Crippen molar-refractivity contribution < 1.29 is 4.74 Å². The second-order valence-corrected chi connectivity index (χ2v) is 5.02. The minimum Gasteiger partial charge on any atom is -0.490 e. The molecule has 0 saturated carbocycles. The van der Waals surface area contributed by atoms with Crippen LogP contribution < -0.4 is 10.1 Å². The number of pyridine rings is 2. The second-order valence-electron chi connectivity index (χ2n) is 4.16. The van der Waals surface area contributed by atoms with Crippen molar-refractivity contribution in [3.05, 3.63) is 48.1 Å². The van der Waals surface area contributed by atoms with Crippen LogP contribution in [0.1, 0.15) is 6.92 Å². The molecule has 0 unspecified atom stereocenters. The third-order valence-corrected chi connectivity index (χ3v) is 3.49. The van der Waals surface area contributed by atoms with Gasteiger partial charge >= 0.3 is 0 Å². The average molecular weight is 298 g/mol. The van der Waals surface area contributed by atoms with Crippen LogP contribution in [-0.2, 0) is 0 Å². The Bertz CT molecular complexity index is 714. The van der Waals surface area contributed by atoms with E-state index < -0.39 is 0 Å². The van der Waals surface area contributed by atoms with Crippen LogP contribution in [0.5, 0.6) is 5.75 Å². The highest BCUT2D eigenvalue weighted by atomic mass is 32.1. The van der Waals surface area contributed by atoms with E-state index in [0.29, 0.717) is 12.4 Å². The summed E-state index contributed by atoms with van der Waals surface area (Å²) in [4.78, 5) is 13.1. The first kappa shape index (κ1) is 13.5. The Morgan fingerprint density at radius 3 is 2.81 bits per heavy atom. The molecule has 106 valence electrons. The first-order chi connectivity index (χ1) is 10.4. The van der Waals surface area contributed by atoms with Gasteiger partial charge in [-0.2, -0.15) is 0 Å². The Kier molecular flexibility index (Phi) is 4.07. The molecular weight excluding hydrogens is 284 g/mol. The summed E-state index contributed by atoms with van der Waals surface area (Å²) in [6, 6.07) is 9.49. The van der Waals surface area contributed by atoms with Crippen LogP contribution in [0.2, 0.25) is 0 Å². The zero-order valence-electron chi connectivity index (χ0n) is 11.5. The van der Waals surface area contributed by atoms with Crippen LogP contribution in [0.3, 0.4) is 0 Å². The van der Waals surface area contributed by atoms with Gasteiger partial charge in [0.2, 0.25) is 0 Å². The molecule has 3 rings (SSSR count). The molecule has 0 fully saturated rings. The van der Waals surface area contributed by atoms with Crippen molar-refractivity contribution in [3.8, 4) is 17.1 Å². The van der Waals surface area contributed by atoms with Crippen molar-refractivity contribution in [3.63, 3.8) is 0 Å². The number of hydrogen-bond donors (Lipinski definition) is 1. The number of thiazole rings is 1. The number of rotatable bonds is 5. The maximum Gasteiger partial charge on any atom is 0.189 e. The third-order valence-electron chi connectivity index (χ3n) is 2.73. The van der Waals surface area contributed by atoms with E-state index in [-0.39, 0.29) is 0 Å². The zero-order chi connectivity index (χ0) is 14.5. The van der Waals surface area contributed by atoms with Crippen LogP contribution >= 0.6 is 11.3 Å². The molecule has 1 N–H and O–H groups in total. The summed E-state index contributed by atoms with van der Waals surface area (Å²) < 4.78 is 5.54. The summed E-state index contributed by atoms with van der Waals surface area (Å²) >= 11 is 1.51. The molecule has 5 nitrogen and oxygen atoms in total. The third kappa shape index (κ3) is 3.17. The molecule has 0 aromatic carbocycles. The van der Waals surface area contributed by atoms with Crippen molar-refractivity contribution in [1.82, 2.24) is 15.0 Å². The summed E-state index contributed by atoms with van der Waals surface area (Å²) in [6.45, 7) is 2.54. The predicted octanol–water partition coefficient (Wildman–Crippen LogP) is 3.74. The molecule has 0 saturated heterocycles. The van der Waals surface area contributed by atoms with E-state index in [1.807, 2.05) is 42.6 Å². The number of nitrogens with one attached hydrogen (secondary N) is 1. The van der Waals surface area contributed by atoms with Gasteiger partial charge in [-0.3, -0.25) is 4.98 Å². The highest BCUT2D eigenvalue weighted by Gasteiger charge is 2.09. The van der Waals surface area contributed by atoms with Gasteiger partial charge in [-0.25, -0.2) is 9.97 Å². The molecule has 0 aliphatic carbocycles. The molecule has 0 aliphatic heterocycles. The van der Waals surface area contributed by atoms with Crippen LogP contribution in [-0.4, -0.2) is 21.6 Å². The molecular formula is C15H14N4OS. The fourth-order valence-corrected chi connectivity index (χ4v) is 2.52. The maximum atomic E-state index is 5.54. The highest BCUT2D eigenvalue weighted by Crippen LogP contribution is 2.29. The normalized spacial score (nSPS) is 10.3. The van der Waals surface area contributed by atoms with E-state index in [2.05, 4.69) is 20.3 Å². The van der Waals surface area contributed by atoms with Crippen molar-refractivity contribution >= 4 is 22.3 Å². The van der Waals surface area contributed by atoms with Gasteiger partial charge in [0.15, 0.2) is 16.7 Å². The lowest BCUT2D eigenvalue weighted by atomic mass is 10.3. The van der Waals surface area contributed by atoms with E-state index in [4.69, 9.17) is 4.74 Å². The zero-order valence-corrected chi connectivity index (χ0v) is 12.3. The van der Waals surface area contributed by atoms with Crippen molar-refractivity contribution in [1.29, 1.82) is 0 Å². The van der Waals surface area contributed by atoms with Crippen LogP contribution in [0.25, 0.3) is 11.4 Å². The van der Waals surface area contributed by atoms with Gasteiger partial charge in [-0.15, -0.1) is 11.3 Å². The van der Waals surface area contributed by atoms with Crippen molar-refractivity contribution in [2.75, 3.05) is 11.9 Å². The smallest absolute Gasteiger partial charge is 0.189 e. The fourth-order valence-electron chi connectivity index (χ4n) is 1.82. The quantitative estimate of drug-likeness (QED) is 0.777. The second kappa shape index (κ2) is 6.32. The van der Waals surface area contributed by atoms with Gasteiger partial charge in [0.1, 0.15) is 5.69 Å². The van der Waals surface area contributed by atoms with E-state index in [1.165, 1.54) is 11.3 Å². The fraction of sp³-hybridized carbons (Fsp3) is 0.133. The first-order valence-electron chi connectivity index (χ1n) is 6.58. The van der Waals surface area contributed by atoms with Gasteiger partial charge in [-0.05, 0) is 31.2 Å². The number of anilines is 2. The van der Waals surface area contributed by atoms with Crippen LogP contribution in [0.4, 0.5) is 10.9 Å². The van der Waals surface area contributed by atoms with Crippen LogP contribution in [0.15, 0.2) is 48.1 Å². The van der Waals surface area contributed by atoms with Gasteiger partial charge in [0, 0.05) is 17.8 Å². The lowest BCUT2D eigenvalue weighted by Gasteiger charge is -2.08. The lowest BCUT2D eigenvalue weighted by Crippen LogP contribution is -1.99. The summed E-state index contributed by atoms with van der Waals surface area (Å²) in [5.41, 5.74) is 1.70. The average Bonchev–Trinajstić information content (AvgIpc) is 2.99. The number of hydrogen-bond acceptors (Lipinski definition) is 6. The van der Waals surface area contributed by atoms with E-state index >= 15 is 0 Å². The summed E-state index contributed by atoms with van der Waals surface area (Å²) in [5.74, 6) is 1.39. The number of ether oxygens (including phenoxy) is 1. The Labute approximate surface area is 126 Å².